The summed E-state index contributed by atoms with van der Waals surface area (Å²) in [6.45, 7) is 6.11. The van der Waals surface area contributed by atoms with E-state index in [9.17, 15) is 9.59 Å². The number of ether oxygens (including phenoxy) is 1. The highest BCUT2D eigenvalue weighted by molar-refractivity contribution is 6.31. The highest BCUT2D eigenvalue weighted by Gasteiger charge is 2.23. The number of rotatable bonds is 5. The van der Waals surface area contributed by atoms with E-state index in [2.05, 4.69) is 15.7 Å². The molecule has 8 heteroatoms. The monoisotopic (exact) mass is 450 g/mol. The topological polar surface area (TPSA) is 85.3 Å². The van der Waals surface area contributed by atoms with Crippen LogP contribution in [-0.2, 0) is 16.1 Å². The van der Waals surface area contributed by atoms with E-state index in [-0.39, 0.29) is 11.8 Å². The number of hydrogen-bond acceptors (Lipinski definition) is 4. The fraction of sp³-hybridized carbons (Fsp3) is 0.208. The molecule has 4 rings (SSSR count). The highest BCUT2D eigenvalue weighted by atomic mass is 35.5. The van der Waals surface area contributed by atoms with E-state index in [1.165, 1.54) is 11.6 Å². The number of aromatic nitrogens is 2. The number of fused-ring (bicyclic) bond motifs is 1. The minimum Gasteiger partial charge on any atom is -0.479 e. The van der Waals surface area contributed by atoms with E-state index in [4.69, 9.17) is 16.3 Å². The molecular weight excluding hydrogens is 428 g/mol. The Morgan fingerprint density at radius 2 is 2.00 bits per heavy atom. The van der Waals surface area contributed by atoms with Crippen molar-refractivity contribution in [3.05, 3.63) is 76.1 Å². The van der Waals surface area contributed by atoms with Crippen LogP contribution in [0.4, 0.5) is 11.4 Å². The fourth-order valence-electron chi connectivity index (χ4n) is 3.36. The SMILES string of the molecule is Cc1ccc(Cn2nc(C)c(/C=C/C(=O)Nc3ccc4c(c3)NC(=O)C(C)O4)c2Cl)cc1. The first-order valence-corrected chi connectivity index (χ1v) is 10.6. The Morgan fingerprint density at radius 3 is 2.75 bits per heavy atom. The van der Waals surface area contributed by atoms with Crippen molar-refractivity contribution < 1.29 is 14.3 Å². The number of hydrogen-bond donors (Lipinski definition) is 2. The molecule has 0 fully saturated rings. The Balaban J connectivity index is 1.45. The van der Waals surface area contributed by atoms with Crippen LogP contribution < -0.4 is 15.4 Å². The first kappa shape index (κ1) is 21.6. The van der Waals surface area contributed by atoms with Crippen molar-refractivity contribution in [2.75, 3.05) is 10.6 Å². The molecule has 3 aromatic rings. The molecule has 2 aromatic carbocycles. The van der Waals surface area contributed by atoms with E-state index >= 15 is 0 Å². The number of aryl methyl sites for hydroxylation is 2. The van der Waals surface area contributed by atoms with Gasteiger partial charge in [-0.25, -0.2) is 4.68 Å². The second-order valence-corrected chi connectivity index (χ2v) is 8.07. The van der Waals surface area contributed by atoms with Crippen LogP contribution in [0.1, 0.15) is 29.3 Å². The fourth-order valence-corrected chi connectivity index (χ4v) is 3.65. The number of halogens is 1. The van der Waals surface area contributed by atoms with E-state index in [0.29, 0.717) is 34.4 Å². The van der Waals surface area contributed by atoms with Gasteiger partial charge in [0.05, 0.1) is 17.9 Å². The summed E-state index contributed by atoms with van der Waals surface area (Å²) in [5, 5.41) is 10.5. The van der Waals surface area contributed by atoms with Crippen LogP contribution in [-0.4, -0.2) is 27.7 Å². The Hall–Kier alpha value is -3.58. The van der Waals surface area contributed by atoms with Gasteiger partial charge in [0, 0.05) is 17.3 Å². The molecule has 164 valence electrons. The lowest BCUT2D eigenvalue weighted by molar-refractivity contribution is -0.122. The van der Waals surface area contributed by atoms with Gasteiger partial charge in [0.25, 0.3) is 5.91 Å². The van der Waals surface area contributed by atoms with Crippen LogP contribution in [0.25, 0.3) is 6.08 Å². The molecule has 0 aliphatic carbocycles. The van der Waals surface area contributed by atoms with Crippen LogP contribution in [0.3, 0.4) is 0 Å². The van der Waals surface area contributed by atoms with E-state index in [0.717, 1.165) is 11.3 Å². The molecule has 32 heavy (non-hydrogen) atoms. The smallest absolute Gasteiger partial charge is 0.265 e. The minimum absolute atomic E-state index is 0.228. The number of anilines is 2. The van der Waals surface area contributed by atoms with Gasteiger partial charge in [-0.3, -0.25) is 9.59 Å². The predicted molar refractivity (Wildman–Crippen MR) is 125 cm³/mol. The Bertz CT molecular complexity index is 1210. The van der Waals surface area contributed by atoms with Gasteiger partial charge in [0.2, 0.25) is 5.91 Å². The Labute approximate surface area is 191 Å². The van der Waals surface area contributed by atoms with Crippen molar-refractivity contribution >= 4 is 40.9 Å². The van der Waals surface area contributed by atoms with Crippen molar-refractivity contribution in [2.45, 2.75) is 33.4 Å². The number of nitrogens with one attached hydrogen (secondary N) is 2. The zero-order chi connectivity index (χ0) is 22.8. The second-order valence-electron chi connectivity index (χ2n) is 7.72. The molecule has 1 aliphatic rings. The summed E-state index contributed by atoms with van der Waals surface area (Å²) in [5.74, 6) is 0.00537. The van der Waals surface area contributed by atoms with Crippen molar-refractivity contribution in [3.63, 3.8) is 0 Å². The summed E-state index contributed by atoms with van der Waals surface area (Å²) in [6.07, 6.45) is 2.50. The molecule has 0 spiro atoms. The molecule has 0 saturated carbocycles. The third-order valence-electron chi connectivity index (χ3n) is 5.14. The van der Waals surface area contributed by atoms with E-state index in [1.807, 2.05) is 38.1 Å². The number of benzene rings is 2. The number of amides is 2. The van der Waals surface area contributed by atoms with Gasteiger partial charge < -0.3 is 15.4 Å². The molecule has 0 bridgehead atoms. The van der Waals surface area contributed by atoms with Gasteiger partial charge in [-0.15, -0.1) is 0 Å². The lowest BCUT2D eigenvalue weighted by atomic mass is 10.1. The molecule has 2 heterocycles. The van der Waals surface area contributed by atoms with Crippen LogP contribution >= 0.6 is 11.6 Å². The highest BCUT2D eigenvalue weighted by Crippen LogP contribution is 2.32. The summed E-state index contributed by atoms with van der Waals surface area (Å²) < 4.78 is 7.24. The maximum Gasteiger partial charge on any atom is 0.265 e. The standard InChI is InChI=1S/C24H23ClN4O3/c1-14-4-6-17(7-5-14)13-29-23(25)19(15(2)28-29)9-11-22(30)26-18-8-10-21-20(12-18)27-24(31)16(3)32-21/h4-12,16H,13H2,1-3H3,(H,26,30)(H,27,31)/b11-9+. The van der Waals surface area contributed by atoms with Crippen molar-refractivity contribution in [2.24, 2.45) is 0 Å². The number of carbonyl (C=O) groups excluding carboxylic acids is 2. The van der Waals surface area contributed by atoms with Crippen molar-refractivity contribution in [3.8, 4) is 5.75 Å². The number of carbonyl (C=O) groups is 2. The maximum atomic E-state index is 12.4. The van der Waals surface area contributed by atoms with Gasteiger partial charge in [0.1, 0.15) is 10.9 Å². The summed E-state index contributed by atoms with van der Waals surface area (Å²) in [5.41, 5.74) is 4.75. The van der Waals surface area contributed by atoms with Gasteiger partial charge >= 0.3 is 0 Å². The summed E-state index contributed by atoms with van der Waals surface area (Å²) in [4.78, 5) is 24.2. The average molecular weight is 451 g/mol. The molecule has 1 aliphatic heterocycles. The van der Waals surface area contributed by atoms with Gasteiger partial charge in [-0.05, 0) is 50.6 Å². The maximum absolute atomic E-state index is 12.4. The quantitative estimate of drug-likeness (QED) is 0.557. The molecule has 1 unspecified atom stereocenters. The normalized spacial score (nSPS) is 15.2. The largest absolute Gasteiger partial charge is 0.479 e. The predicted octanol–water partition coefficient (Wildman–Crippen LogP) is 4.57. The van der Waals surface area contributed by atoms with Gasteiger partial charge in [-0.1, -0.05) is 41.4 Å². The third-order valence-corrected chi connectivity index (χ3v) is 5.54. The van der Waals surface area contributed by atoms with Crippen LogP contribution in [0, 0.1) is 13.8 Å². The summed E-state index contributed by atoms with van der Waals surface area (Å²) >= 11 is 6.52. The molecule has 1 atom stereocenters. The lowest BCUT2D eigenvalue weighted by Gasteiger charge is -2.23. The molecule has 7 nitrogen and oxygen atoms in total. The van der Waals surface area contributed by atoms with Gasteiger partial charge in [0.15, 0.2) is 6.10 Å². The van der Waals surface area contributed by atoms with Crippen LogP contribution in [0.2, 0.25) is 5.15 Å². The third kappa shape index (κ3) is 4.68. The van der Waals surface area contributed by atoms with E-state index < -0.39 is 6.10 Å². The summed E-state index contributed by atoms with van der Waals surface area (Å²) in [6, 6.07) is 13.2. The molecule has 2 amide bonds. The number of nitrogens with zero attached hydrogens (tertiary/aromatic N) is 2. The molecule has 0 radical (unpaired) electrons. The molecular formula is C24H23ClN4O3. The molecule has 1 aromatic heterocycles. The first-order chi connectivity index (χ1) is 15.3. The van der Waals surface area contributed by atoms with Crippen LogP contribution in [0.15, 0.2) is 48.5 Å². The summed E-state index contributed by atoms with van der Waals surface area (Å²) in [7, 11) is 0. The van der Waals surface area contributed by atoms with Crippen molar-refractivity contribution in [1.82, 2.24) is 9.78 Å². The zero-order valence-corrected chi connectivity index (χ0v) is 18.7. The minimum atomic E-state index is -0.550. The Kier molecular flexibility index (Phi) is 6.01. The molecule has 0 saturated heterocycles. The second kappa shape index (κ2) is 8.88. The van der Waals surface area contributed by atoms with Crippen molar-refractivity contribution in [1.29, 1.82) is 0 Å². The molecule has 2 N–H and O–H groups in total. The van der Waals surface area contributed by atoms with Crippen LogP contribution in [0.5, 0.6) is 5.75 Å². The zero-order valence-electron chi connectivity index (χ0n) is 18.0. The Morgan fingerprint density at radius 1 is 1.25 bits per heavy atom. The van der Waals surface area contributed by atoms with E-state index in [1.54, 1.807) is 35.9 Å². The lowest BCUT2D eigenvalue weighted by Crippen LogP contribution is -2.34. The average Bonchev–Trinajstić information content (AvgIpc) is 3.01. The first-order valence-electron chi connectivity index (χ1n) is 10.2. The van der Waals surface area contributed by atoms with Gasteiger partial charge in [-0.2, -0.15) is 5.10 Å².